The molecule has 2 aliphatic carbocycles. The van der Waals surface area contributed by atoms with Crippen LogP contribution in [0.1, 0.15) is 47.2 Å². The Balaban J connectivity index is 1.02. The second-order valence-electron chi connectivity index (χ2n) is 20.2. The Morgan fingerprint density at radius 3 is 1.34 bits per heavy atom. The molecule has 326 valence electrons. The Morgan fingerprint density at radius 1 is 0.257 bits per heavy atom. The lowest BCUT2D eigenvalue weighted by molar-refractivity contribution is 0.661. The molecule has 0 bridgehead atoms. The van der Waals surface area contributed by atoms with Crippen molar-refractivity contribution >= 4 is 64.6 Å². The van der Waals surface area contributed by atoms with Gasteiger partial charge in [-0.2, -0.15) is 0 Å². The number of hydrogen-bond donors (Lipinski definition) is 0. The fourth-order valence-electron chi connectivity index (χ4n) is 13.5. The number of fused-ring (bicyclic) bond motifs is 16. The topological polar surface area (TPSA) is 0 Å². The summed E-state index contributed by atoms with van der Waals surface area (Å²) in [6.45, 7) is 4.80. The predicted octanol–water partition coefficient (Wildman–Crippen LogP) is 18.6. The number of hydrogen-bond acceptors (Lipinski definition) is 0. The van der Waals surface area contributed by atoms with Crippen molar-refractivity contribution in [3.8, 4) is 44.5 Å². The highest BCUT2D eigenvalue weighted by molar-refractivity contribution is 6.25. The molecule has 70 heavy (non-hydrogen) atoms. The molecule has 15 rings (SSSR count). The normalized spacial score (nSPS) is 14.1. The zero-order valence-corrected chi connectivity index (χ0v) is 39.1. The molecule has 0 heteroatoms. The molecule has 0 atom stereocenters. The van der Waals surface area contributed by atoms with Crippen LogP contribution in [-0.2, 0) is 10.8 Å². The summed E-state index contributed by atoms with van der Waals surface area (Å²) in [5.74, 6) is 0. The van der Waals surface area contributed by atoms with Crippen LogP contribution in [0, 0.1) is 0 Å². The molecule has 0 fully saturated rings. The summed E-state index contributed by atoms with van der Waals surface area (Å²) >= 11 is 0. The summed E-state index contributed by atoms with van der Waals surface area (Å²) in [5.41, 5.74) is 17.8. The molecule has 0 N–H and O–H groups in total. The summed E-state index contributed by atoms with van der Waals surface area (Å²) in [5, 5.41) is 15.3. The van der Waals surface area contributed by atoms with Gasteiger partial charge in [-0.05, 0) is 167 Å². The van der Waals surface area contributed by atoms with Gasteiger partial charge in [0.15, 0.2) is 0 Å². The van der Waals surface area contributed by atoms with E-state index in [0.717, 1.165) is 0 Å². The summed E-state index contributed by atoms with van der Waals surface area (Å²) in [6.07, 6.45) is 0. The van der Waals surface area contributed by atoms with Gasteiger partial charge < -0.3 is 0 Å². The van der Waals surface area contributed by atoms with Crippen molar-refractivity contribution in [2.24, 2.45) is 0 Å². The first-order chi connectivity index (χ1) is 34.5. The van der Waals surface area contributed by atoms with Gasteiger partial charge in [0, 0.05) is 5.41 Å². The molecule has 0 unspecified atom stereocenters. The molecule has 2 aliphatic rings. The molecule has 13 aromatic carbocycles. The maximum Gasteiger partial charge on any atom is 0.0720 e. The minimum atomic E-state index is -0.573. The van der Waals surface area contributed by atoms with Crippen molar-refractivity contribution in [2.45, 2.75) is 24.7 Å². The zero-order valence-electron chi connectivity index (χ0n) is 39.1. The van der Waals surface area contributed by atoms with E-state index in [4.69, 9.17) is 0 Å². The van der Waals surface area contributed by atoms with Gasteiger partial charge in [-0.1, -0.05) is 232 Å². The Bertz CT molecular complexity index is 4270. The Kier molecular flexibility index (Phi) is 8.15. The van der Waals surface area contributed by atoms with Crippen molar-refractivity contribution in [3.05, 3.63) is 276 Å². The van der Waals surface area contributed by atoms with Gasteiger partial charge in [-0.3, -0.25) is 0 Å². The van der Waals surface area contributed by atoms with Crippen molar-refractivity contribution in [2.75, 3.05) is 0 Å². The fourth-order valence-corrected chi connectivity index (χ4v) is 13.5. The van der Waals surface area contributed by atoms with E-state index in [9.17, 15) is 0 Å². The Labute approximate surface area is 407 Å². The molecule has 0 spiro atoms. The van der Waals surface area contributed by atoms with Crippen LogP contribution in [0.5, 0.6) is 0 Å². The van der Waals surface area contributed by atoms with E-state index in [0.29, 0.717) is 0 Å². The molecular formula is C70H46. The summed E-state index contributed by atoms with van der Waals surface area (Å²) in [6, 6.07) is 92.0. The smallest absolute Gasteiger partial charge is 0.0622 e. The van der Waals surface area contributed by atoms with Crippen LogP contribution in [0.15, 0.2) is 243 Å². The summed E-state index contributed by atoms with van der Waals surface area (Å²) in [7, 11) is 0. The molecule has 0 saturated carbocycles. The molecule has 0 saturated heterocycles. The van der Waals surface area contributed by atoms with Crippen LogP contribution >= 0.6 is 0 Å². The van der Waals surface area contributed by atoms with Gasteiger partial charge in [0.05, 0.1) is 5.41 Å². The molecule has 0 nitrogen and oxygen atoms in total. The van der Waals surface area contributed by atoms with E-state index in [-0.39, 0.29) is 5.41 Å². The van der Waals surface area contributed by atoms with Crippen LogP contribution in [0.3, 0.4) is 0 Å². The SMILES string of the molecule is CC1(C)c2ccccc2-c2c1cc(-c1c3ccccc3c(-c3ccc4cc5c(cc4c3)C(c3ccccc3)(c3ccccc3)c3c-5c4ccccc4c4ccccc34)c3ccccc13)c1ccccc21. The minimum Gasteiger partial charge on any atom is -0.0622 e. The van der Waals surface area contributed by atoms with Gasteiger partial charge in [0.2, 0.25) is 0 Å². The Morgan fingerprint density at radius 2 is 0.729 bits per heavy atom. The van der Waals surface area contributed by atoms with Crippen LogP contribution in [0.4, 0.5) is 0 Å². The van der Waals surface area contributed by atoms with Crippen molar-refractivity contribution in [3.63, 3.8) is 0 Å². The van der Waals surface area contributed by atoms with Crippen LogP contribution in [-0.4, -0.2) is 0 Å². The van der Waals surface area contributed by atoms with E-state index in [2.05, 4.69) is 257 Å². The second kappa shape index (κ2) is 14.5. The van der Waals surface area contributed by atoms with E-state index in [1.807, 2.05) is 0 Å². The molecule has 0 aliphatic heterocycles. The second-order valence-corrected chi connectivity index (χ2v) is 20.2. The standard InChI is InChI=1S/C70H46/c1-69(2)61-36-20-19-35-58(61)66-51-28-12-10-27-50(51)59(42-63(66)69)65-55-32-16-14-30-53(55)64(54-31-15-17-33-56(54)65)44-38-37-43-40-60-62(41-45(43)39-44)70(46-21-5-3-6-22-46,47-23-7-4-8-24-47)68-57-34-18-11-26-49(57)48-25-9-13-29-52(48)67(60)68/h3-42H,1-2H3. The largest absolute Gasteiger partial charge is 0.0720 e. The number of rotatable bonds is 4. The minimum absolute atomic E-state index is 0.137. The van der Waals surface area contributed by atoms with Gasteiger partial charge in [-0.25, -0.2) is 0 Å². The first-order valence-corrected chi connectivity index (χ1v) is 24.8. The quantitative estimate of drug-likeness (QED) is 0.122. The van der Waals surface area contributed by atoms with E-state index >= 15 is 0 Å². The van der Waals surface area contributed by atoms with Crippen LogP contribution in [0.25, 0.3) is 109 Å². The third-order valence-corrected chi connectivity index (χ3v) is 16.4. The molecule has 0 heterocycles. The third-order valence-electron chi connectivity index (χ3n) is 16.4. The lowest BCUT2D eigenvalue weighted by atomic mass is 9.66. The molecular weight excluding hydrogens is 841 g/mol. The highest BCUT2D eigenvalue weighted by Crippen LogP contribution is 2.61. The maximum atomic E-state index is 2.55. The highest BCUT2D eigenvalue weighted by Gasteiger charge is 2.48. The summed E-state index contributed by atoms with van der Waals surface area (Å²) in [4.78, 5) is 0. The van der Waals surface area contributed by atoms with Crippen LogP contribution in [0.2, 0.25) is 0 Å². The average Bonchev–Trinajstić information content (AvgIpc) is 3.85. The third kappa shape index (κ3) is 5.15. The van der Waals surface area contributed by atoms with Gasteiger partial charge in [0.1, 0.15) is 0 Å². The lowest BCUT2D eigenvalue weighted by Crippen LogP contribution is -2.28. The van der Waals surface area contributed by atoms with E-state index in [1.54, 1.807) is 0 Å². The molecule has 13 aromatic rings. The fraction of sp³-hybridized carbons (Fsp3) is 0.0571. The first-order valence-electron chi connectivity index (χ1n) is 24.8. The van der Waals surface area contributed by atoms with Gasteiger partial charge in [-0.15, -0.1) is 0 Å². The van der Waals surface area contributed by atoms with Crippen molar-refractivity contribution in [1.82, 2.24) is 0 Å². The lowest BCUT2D eigenvalue weighted by Gasteiger charge is -2.35. The molecule has 0 amide bonds. The van der Waals surface area contributed by atoms with Crippen molar-refractivity contribution < 1.29 is 0 Å². The summed E-state index contributed by atoms with van der Waals surface area (Å²) < 4.78 is 0. The highest BCUT2D eigenvalue weighted by atomic mass is 14.5. The predicted molar refractivity (Wildman–Crippen MR) is 297 cm³/mol. The zero-order chi connectivity index (χ0) is 46.3. The number of benzene rings is 13. The van der Waals surface area contributed by atoms with E-state index in [1.165, 1.54) is 143 Å². The average molecular weight is 887 g/mol. The maximum absolute atomic E-state index is 2.55. The molecule has 0 radical (unpaired) electrons. The van der Waals surface area contributed by atoms with Gasteiger partial charge in [0.25, 0.3) is 0 Å². The van der Waals surface area contributed by atoms with Gasteiger partial charge >= 0.3 is 0 Å². The van der Waals surface area contributed by atoms with Crippen LogP contribution < -0.4 is 0 Å². The monoisotopic (exact) mass is 886 g/mol. The first kappa shape index (κ1) is 39.4. The molecule has 0 aromatic heterocycles. The Hall–Kier alpha value is -8.58. The van der Waals surface area contributed by atoms with Crippen molar-refractivity contribution in [1.29, 1.82) is 0 Å². The van der Waals surface area contributed by atoms with E-state index < -0.39 is 5.41 Å².